The Hall–Kier alpha value is -0.610. The van der Waals surface area contributed by atoms with Crippen molar-refractivity contribution in [2.45, 2.75) is 44.8 Å². The van der Waals surface area contributed by atoms with Crippen LogP contribution in [0, 0.1) is 0 Å². The van der Waals surface area contributed by atoms with Crippen molar-refractivity contribution in [1.82, 2.24) is 10.2 Å². The van der Waals surface area contributed by atoms with E-state index in [0.29, 0.717) is 6.04 Å². The molecular weight excluding hydrogens is 192 g/mol. The van der Waals surface area contributed by atoms with Gasteiger partial charge in [-0.2, -0.15) is 0 Å². The van der Waals surface area contributed by atoms with Crippen molar-refractivity contribution in [3.05, 3.63) is 0 Å². The summed E-state index contributed by atoms with van der Waals surface area (Å²) in [6, 6.07) is 1.00. The van der Waals surface area contributed by atoms with Crippen LogP contribution in [-0.4, -0.2) is 49.7 Å². The zero-order valence-electron chi connectivity index (χ0n) is 10.1. The first-order valence-corrected chi connectivity index (χ1v) is 5.59. The Morgan fingerprint density at radius 3 is 2.60 bits per heavy atom. The SMILES string of the molecule is COC(=O)C(C)NCC(C)N(C)C1CC1. The van der Waals surface area contributed by atoms with E-state index in [4.69, 9.17) is 0 Å². The van der Waals surface area contributed by atoms with Gasteiger partial charge in [0, 0.05) is 18.6 Å². The smallest absolute Gasteiger partial charge is 0.322 e. The van der Waals surface area contributed by atoms with Crippen molar-refractivity contribution >= 4 is 5.97 Å². The number of carbonyl (C=O) groups is 1. The summed E-state index contributed by atoms with van der Waals surface area (Å²) in [5.74, 6) is -0.198. The fourth-order valence-corrected chi connectivity index (χ4v) is 1.59. The van der Waals surface area contributed by atoms with E-state index in [0.717, 1.165) is 12.6 Å². The molecule has 15 heavy (non-hydrogen) atoms. The molecule has 0 bridgehead atoms. The van der Waals surface area contributed by atoms with Gasteiger partial charge in [-0.1, -0.05) is 0 Å². The van der Waals surface area contributed by atoms with E-state index in [1.54, 1.807) is 0 Å². The van der Waals surface area contributed by atoms with Crippen LogP contribution in [-0.2, 0) is 9.53 Å². The molecule has 4 heteroatoms. The summed E-state index contributed by atoms with van der Waals surface area (Å²) in [4.78, 5) is 13.5. The average molecular weight is 214 g/mol. The summed E-state index contributed by atoms with van der Waals surface area (Å²) < 4.78 is 4.65. The van der Waals surface area contributed by atoms with E-state index in [9.17, 15) is 4.79 Å². The first kappa shape index (κ1) is 12.5. The Bertz CT molecular complexity index is 217. The molecule has 1 fully saturated rings. The summed E-state index contributed by atoms with van der Waals surface area (Å²) in [5.41, 5.74) is 0. The lowest BCUT2D eigenvalue weighted by Gasteiger charge is -2.25. The largest absolute Gasteiger partial charge is 0.468 e. The maximum atomic E-state index is 11.1. The maximum absolute atomic E-state index is 11.1. The molecular formula is C11H22N2O2. The monoisotopic (exact) mass is 214 g/mol. The van der Waals surface area contributed by atoms with Crippen LogP contribution >= 0.6 is 0 Å². The highest BCUT2D eigenvalue weighted by molar-refractivity contribution is 5.75. The number of hydrogen-bond donors (Lipinski definition) is 1. The van der Waals surface area contributed by atoms with Gasteiger partial charge in [0.15, 0.2) is 0 Å². The Labute approximate surface area is 92.0 Å². The fraction of sp³-hybridized carbons (Fsp3) is 0.909. The summed E-state index contributed by atoms with van der Waals surface area (Å²) >= 11 is 0. The van der Waals surface area contributed by atoms with Gasteiger partial charge in [0.2, 0.25) is 0 Å². The molecule has 1 saturated carbocycles. The predicted octanol–water partition coefficient (Wildman–Crippen LogP) is 0.620. The quantitative estimate of drug-likeness (QED) is 0.658. The van der Waals surface area contributed by atoms with E-state index in [1.807, 2.05) is 6.92 Å². The number of ether oxygens (including phenoxy) is 1. The minimum Gasteiger partial charge on any atom is -0.468 e. The van der Waals surface area contributed by atoms with Crippen LogP contribution in [0.5, 0.6) is 0 Å². The lowest BCUT2D eigenvalue weighted by molar-refractivity contribution is -0.142. The summed E-state index contributed by atoms with van der Waals surface area (Å²) in [6.07, 6.45) is 2.63. The van der Waals surface area contributed by atoms with Crippen LogP contribution < -0.4 is 5.32 Å². The molecule has 2 unspecified atom stereocenters. The lowest BCUT2D eigenvalue weighted by Crippen LogP contribution is -2.44. The molecule has 0 amide bonds. The van der Waals surface area contributed by atoms with Crippen molar-refractivity contribution in [2.75, 3.05) is 20.7 Å². The molecule has 1 rings (SSSR count). The highest BCUT2D eigenvalue weighted by Gasteiger charge is 2.29. The Kier molecular flexibility index (Phi) is 4.54. The molecule has 0 heterocycles. The average Bonchev–Trinajstić information content (AvgIpc) is 3.06. The third kappa shape index (κ3) is 3.80. The molecule has 1 aliphatic rings. The number of methoxy groups -OCH3 is 1. The van der Waals surface area contributed by atoms with Gasteiger partial charge in [-0.15, -0.1) is 0 Å². The normalized spacial score (nSPS) is 20.1. The molecule has 0 radical (unpaired) electrons. The highest BCUT2D eigenvalue weighted by atomic mass is 16.5. The second-order valence-electron chi connectivity index (χ2n) is 4.40. The van der Waals surface area contributed by atoms with Crippen LogP contribution in [0.4, 0.5) is 0 Å². The molecule has 1 aliphatic carbocycles. The Morgan fingerprint density at radius 2 is 2.13 bits per heavy atom. The van der Waals surface area contributed by atoms with E-state index < -0.39 is 0 Å². The van der Waals surface area contributed by atoms with Gasteiger partial charge >= 0.3 is 5.97 Å². The topological polar surface area (TPSA) is 41.6 Å². The first-order valence-electron chi connectivity index (χ1n) is 5.59. The zero-order valence-corrected chi connectivity index (χ0v) is 10.1. The number of nitrogens with zero attached hydrogens (tertiary/aromatic N) is 1. The van der Waals surface area contributed by atoms with E-state index >= 15 is 0 Å². The van der Waals surface area contributed by atoms with Crippen molar-refractivity contribution < 1.29 is 9.53 Å². The molecule has 1 N–H and O–H groups in total. The third-order valence-corrected chi connectivity index (χ3v) is 3.09. The minimum atomic E-state index is -0.218. The standard InChI is InChI=1S/C11H22N2O2/c1-8(13(3)10-5-6-10)7-12-9(2)11(14)15-4/h8-10,12H,5-7H2,1-4H3. The molecule has 0 aromatic heterocycles. The minimum absolute atomic E-state index is 0.198. The van der Waals surface area contributed by atoms with Crippen LogP contribution in [0.15, 0.2) is 0 Å². The Morgan fingerprint density at radius 1 is 1.53 bits per heavy atom. The van der Waals surface area contributed by atoms with Crippen molar-refractivity contribution in [2.24, 2.45) is 0 Å². The van der Waals surface area contributed by atoms with E-state index in [2.05, 4.69) is 28.9 Å². The van der Waals surface area contributed by atoms with Gasteiger partial charge in [0.25, 0.3) is 0 Å². The maximum Gasteiger partial charge on any atom is 0.322 e. The fourth-order valence-electron chi connectivity index (χ4n) is 1.59. The number of hydrogen-bond acceptors (Lipinski definition) is 4. The zero-order chi connectivity index (χ0) is 11.4. The van der Waals surface area contributed by atoms with Gasteiger partial charge in [0.1, 0.15) is 6.04 Å². The molecule has 4 nitrogen and oxygen atoms in total. The Balaban J connectivity index is 2.20. The van der Waals surface area contributed by atoms with Crippen molar-refractivity contribution in [3.63, 3.8) is 0 Å². The number of likely N-dealkylation sites (N-methyl/N-ethyl adjacent to an activating group) is 1. The number of carbonyl (C=O) groups excluding carboxylic acids is 1. The molecule has 88 valence electrons. The molecule has 2 atom stereocenters. The van der Waals surface area contributed by atoms with Crippen LogP contribution in [0.1, 0.15) is 26.7 Å². The number of nitrogens with one attached hydrogen (secondary N) is 1. The second-order valence-corrected chi connectivity index (χ2v) is 4.40. The second kappa shape index (κ2) is 5.47. The molecule has 0 saturated heterocycles. The van der Waals surface area contributed by atoms with Gasteiger partial charge in [0.05, 0.1) is 7.11 Å². The molecule has 0 aliphatic heterocycles. The predicted molar refractivity (Wildman–Crippen MR) is 59.7 cm³/mol. The van der Waals surface area contributed by atoms with Gasteiger partial charge in [-0.3, -0.25) is 9.69 Å². The number of esters is 1. The van der Waals surface area contributed by atoms with Crippen LogP contribution in [0.2, 0.25) is 0 Å². The lowest BCUT2D eigenvalue weighted by atomic mass is 10.2. The van der Waals surface area contributed by atoms with Crippen molar-refractivity contribution in [3.8, 4) is 0 Å². The van der Waals surface area contributed by atoms with Crippen LogP contribution in [0.25, 0.3) is 0 Å². The summed E-state index contributed by atoms with van der Waals surface area (Å²) in [6.45, 7) is 4.83. The summed E-state index contributed by atoms with van der Waals surface area (Å²) in [7, 11) is 3.56. The van der Waals surface area contributed by atoms with E-state index in [1.165, 1.54) is 20.0 Å². The molecule has 0 aromatic rings. The summed E-state index contributed by atoms with van der Waals surface area (Å²) in [5, 5.41) is 3.18. The van der Waals surface area contributed by atoms with E-state index in [-0.39, 0.29) is 12.0 Å². The first-order chi connectivity index (χ1) is 7.06. The number of rotatable bonds is 6. The molecule has 0 aromatic carbocycles. The van der Waals surface area contributed by atoms with Crippen molar-refractivity contribution in [1.29, 1.82) is 0 Å². The van der Waals surface area contributed by atoms with Gasteiger partial charge in [-0.05, 0) is 33.7 Å². The van der Waals surface area contributed by atoms with Crippen LogP contribution in [0.3, 0.4) is 0 Å². The molecule has 0 spiro atoms. The van der Waals surface area contributed by atoms with Gasteiger partial charge < -0.3 is 10.1 Å². The highest BCUT2D eigenvalue weighted by Crippen LogP contribution is 2.26. The van der Waals surface area contributed by atoms with Gasteiger partial charge in [-0.25, -0.2) is 0 Å². The third-order valence-electron chi connectivity index (χ3n) is 3.09.